The molecule has 0 radical (unpaired) electrons. The molecular formula is C35H20N4OS. The van der Waals surface area contributed by atoms with Crippen molar-refractivity contribution in [3.05, 3.63) is 121 Å². The number of hydrogen-bond acceptors (Lipinski definition) is 5. The van der Waals surface area contributed by atoms with Gasteiger partial charge in [0.15, 0.2) is 0 Å². The Bertz CT molecular complexity index is 2360. The molecule has 5 nitrogen and oxygen atoms in total. The quantitative estimate of drug-likeness (QED) is 0.222. The van der Waals surface area contributed by atoms with Crippen LogP contribution in [0.3, 0.4) is 0 Å². The highest BCUT2D eigenvalue weighted by Gasteiger charge is 2.25. The van der Waals surface area contributed by atoms with E-state index in [0.29, 0.717) is 0 Å². The minimum atomic E-state index is 0.784. The molecule has 0 spiro atoms. The maximum absolute atomic E-state index is 5.40. The summed E-state index contributed by atoms with van der Waals surface area (Å²) in [5, 5.41) is 13.3. The van der Waals surface area contributed by atoms with Gasteiger partial charge in [-0.05, 0) is 34.6 Å². The van der Waals surface area contributed by atoms with E-state index in [1.807, 2.05) is 12.1 Å². The van der Waals surface area contributed by atoms with Crippen LogP contribution in [-0.4, -0.2) is 19.9 Å². The van der Waals surface area contributed by atoms with Crippen molar-refractivity contribution in [1.29, 1.82) is 0 Å². The maximum atomic E-state index is 5.40. The Morgan fingerprint density at radius 1 is 0.585 bits per heavy atom. The Labute approximate surface area is 237 Å². The lowest BCUT2D eigenvalue weighted by Gasteiger charge is -2.13. The fourth-order valence-electron chi connectivity index (χ4n) is 6.09. The van der Waals surface area contributed by atoms with Crippen molar-refractivity contribution in [2.24, 2.45) is 0 Å². The number of benzene rings is 5. The van der Waals surface area contributed by atoms with Gasteiger partial charge < -0.3 is 4.57 Å². The third-order valence-electron chi connectivity index (χ3n) is 7.85. The minimum Gasteiger partial charge on any atom is -0.308 e. The zero-order valence-corrected chi connectivity index (χ0v) is 22.5. The van der Waals surface area contributed by atoms with Crippen LogP contribution in [0, 0.1) is 0 Å². The van der Waals surface area contributed by atoms with Gasteiger partial charge in [0.2, 0.25) is 0 Å². The first-order valence-electron chi connectivity index (χ1n) is 13.5. The predicted molar refractivity (Wildman–Crippen MR) is 168 cm³/mol. The lowest BCUT2D eigenvalue weighted by molar-refractivity contribution is 0.316. The average molecular weight is 545 g/mol. The van der Waals surface area contributed by atoms with Crippen LogP contribution in [-0.2, 0) is 0 Å². The van der Waals surface area contributed by atoms with E-state index in [4.69, 9.17) is 9.61 Å². The molecule has 0 amide bonds. The van der Waals surface area contributed by atoms with Crippen molar-refractivity contribution in [2.75, 3.05) is 0 Å². The molecule has 0 aliphatic carbocycles. The topological polar surface area (TPSA) is 56.7 Å². The molecule has 0 saturated heterocycles. The molecule has 4 aromatic heterocycles. The van der Waals surface area contributed by atoms with Crippen molar-refractivity contribution in [2.45, 2.75) is 0 Å². The van der Waals surface area contributed by atoms with Crippen LogP contribution in [0.1, 0.15) is 0 Å². The Balaban J connectivity index is 1.49. The van der Waals surface area contributed by atoms with E-state index in [9.17, 15) is 0 Å². The Morgan fingerprint density at radius 2 is 1.17 bits per heavy atom. The van der Waals surface area contributed by atoms with Gasteiger partial charge in [-0.2, -0.15) is 0 Å². The molecule has 9 rings (SSSR count). The van der Waals surface area contributed by atoms with Gasteiger partial charge in [-0.25, -0.2) is 9.61 Å². The van der Waals surface area contributed by atoms with Gasteiger partial charge >= 0.3 is 0 Å². The van der Waals surface area contributed by atoms with Crippen molar-refractivity contribution in [3.8, 4) is 28.2 Å². The Kier molecular flexibility index (Phi) is 4.71. The number of nitrogens with zero attached hydrogens (tertiary/aromatic N) is 4. The zero-order chi connectivity index (χ0) is 26.9. The molecule has 41 heavy (non-hydrogen) atoms. The molecule has 6 heteroatoms. The molecule has 0 unspecified atom stereocenters. The van der Waals surface area contributed by atoms with Gasteiger partial charge in [-0.1, -0.05) is 97.1 Å². The third kappa shape index (κ3) is 3.25. The molecular weight excluding hydrogens is 524 g/mol. The van der Waals surface area contributed by atoms with E-state index < -0.39 is 0 Å². The van der Waals surface area contributed by atoms with Crippen LogP contribution >= 0.6 is 11.3 Å². The molecule has 0 bridgehead atoms. The molecule has 4 heterocycles. The first kappa shape index (κ1) is 22.5. The summed E-state index contributed by atoms with van der Waals surface area (Å²) in [5.74, 6) is 0. The molecule has 0 aliphatic rings. The highest BCUT2D eigenvalue weighted by molar-refractivity contribution is 7.27. The van der Waals surface area contributed by atoms with Crippen LogP contribution in [0.15, 0.2) is 126 Å². The molecule has 0 aliphatic heterocycles. The van der Waals surface area contributed by atoms with E-state index in [2.05, 4.69) is 124 Å². The lowest BCUT2D eigenvalue weighted by Crippen LogP contribution is -1.98. The van der Waals surface area contributed by atoms with Gasteiger partial charge in [0.25, 0.3) is 0 Å². The molecule has 0 N–H and O–H groups in total. The second-order valence-corrected chi connectivity index (χ2v) is 11.2. The smallest absolute Gasteiger partial charge is 0.145 e. The van der Waals surface area contributed by atoms with E-state index in [0.717, 1.165) is 71.8 Å². The summed E-state index contributed by atoms with van der Waals surface area (Å²) in [7, 11) is 0. The van der Waals surface area contributed by atoms with Crippen molar-refractivity contribution in [1.82, 2.24) is 19.9 Å². The van der Waals surface area contributed by atoms with Crippen molar-refractivity contribution >= 4 is 64.3 Å². The van der Waals surface area contributed by atoms with Crippen LogP contribution in [0.4, 0.5) is 0 Å². The molecule has 0 saturated carbocycles. The largest absolute Gasteiger partial charge is 0.308 e. The minimum absolute atomic E-state index is 0.784. The second-order valence-electron chi connectivity index (χ2n) is 10.2. The monoisotopic (exact) mass is 544 g/mol. The molecule has 0 fully saturated rings. The van der Waals surface area contributed by atoms with Crippen LogP contribution < -0.4 is 0 Å². The van der Waals surface area contributed by atoms with Crippen LogP contribution in [0.5, 0.6) is 0 Å². The van der Waals surface area contributed by atoms with E-state index in [1.54, 1.807) is 11.3 Å². The summed E-state index contributed by atoms with van der Waals surface area (Å²) in [6.07, 6.45) is 0. The zero-order valence-electron chi connectivity index (χ0n) is 21.7. The number of para-hydroxylation sites is 1. The number of thiophene rings is 1. The summed E-state index contributed by atoms with van der Waals surface area (Å²) >= 11 is 1.79. The molecule has 5 aromatic carbocycles. The van der Waals surface area contributed by atoms with E-state index >= 15 is 0 Å². The summed E-state index contributed by atoms with van der Waals surface area (Å²) in [4.78, 5) is 5.13. The van der Waals surface area contributed by atoms with E-state index in [-0.39, 0.29) is 0 Å². The number of rotatable bonds is 3. The summed E-state index contributed by atoms with van der Waals surface area (Å²) in [6, 6.07) is 42.2. The predicted octanol–water partition coefficient (Wildman–Crippen LogP) is 9.42. The van der Waals surface area contributed by atoms with Crippen molar-refractivity contribution in [3.63, 3.8) is 0 Å². The Morgan fingerprint density at radius 3 is 1.88 bits per heavy atom. The normalized spacial score (nSPS) is 11.9. The number of fused-ring (bicyclic) bond motifs is 10. The SMILES string of the molecule is c1ccc(-c2cc(-n3c4ccccc4c4c5nonc5c5c6ccccc6sc5c43)cc(-c3ccccc3)n2)cc1. The van der Waals surface area contributed by atoms with Gasteiger partial charge in [0.05, 0.1) is 32.8 Å². The van der Waals surface area contributed by atoms with Crippen LogP contribution in [0.25, 0.3) is 81.2 Å². The number of hydrogen-bond donors (Lipinski definition) is 0. The van der Waals surface area contributed by atoms with E-state index in [1.165, 1.54) is 9.40 Å². The Hall–Kier alpha value is -5.33. The fourth-order valence-corrected chi connectivity index (χ4v) is 7.33. The highest BCUT2D eigenvalue weighted by Crippen LogP contribution is 2.47. The summed E-state index contributed by atoms with van der Waals surface area (Å²) in [5.41, 5.74) is 8.82. The third-order valence-corrected chi connectivity index (χ3v) is 9.03. The van der Waals surface area contributed by atoms with Gasteiger partial charge in [-0.15, -0.1) is 11.3 Å². The average Bonchev–Trinajstić information content (AvgIpc) is 3.75. The molecule has 0 atom stereocenters. The van der Waals surface area contributed by atoms with Gasteiger partial charge in [0.1, 0.15) is 11.0 Å². The lowest BCUT2D eigenvalue weighted by atomic mass is 10.1. The second kappa shape index (κ2) is 8.58. The summed E-state index contributed by atoms with van der Waals surface area (Å²) < 4.78 is 10.2. The first-order chi connectivity index (χ1) is 20.3. The van der Waals surface area contributed by atoms with Gasteiger partial charge in [0, 0.05) is 37.4 Å². The first-order valence-corrected chi connectivity index (χ1v) is 14.3. The standard InChI is InChI=1S/C35H20N4OS/c1-3-11-21(12-4-1)26-19-23(20-27(36-26)22-13-5-2-6-14-22)39-28-17-9-7-15-24(28)30-32-33(38-40-37-32)31-25-16-8-10-18-29(25)41-35(31)34(30)39/h1-20H. The number of aromatic nitrogens is 4. The molecule has 192 valence electrons. The maximum Gasteiger partial charge on any atom is 0.145 e. The fraction of sp³-hybridized carbons (Fsp3) is 0. The van der Waals surface area contributed by atoms with Crippen LogP contribution in [0.2, 0.25) is 0 Å². The summed E-state index contributed by atoms with van der Waals surface area (Å²) in [6.45, 7) is 0. The number of pyridine rings is 1. The highest BCUT2D eigenvalue weighted by atomic mass is 32.1. The molecule has 9 aromatic rings. The van der Waals surface area contributed by atoms with Crippen molar-refractivity contribution < 1.29 is 4.63 Å². The van der Waals surface area contributed by atoms with Gasteiger partial charge in [-0.3, -0.25) is 0 Å².